The highest BCUT2D eigenvalue weighted by Crippen LogP contribution is 2.28. The van der Waals surface area contributed by atoms with Crippen LogP contribution in [0.3, 0.4) is 0 Å². The Kier molecular flexibility index (Phi) is 6.54. The van der Waals surface area contributed by atoms with Crippen molar-refractivity contribution in [3.05, 3.63) is 77.1 Å². The van der Waals surface area contributed by atoms with E-state index in [0.717, 1.165) is 31.6 Å². The van der Waals surface area contributed by atoms with E-state index in [2.05, 4.69) is 42.2 Å². The first-order valence-corrected chi connectivity index (χ1v) is 8.43. The van der Waals surface area contributed by atoms with Crippen molar-refractivity contribution in [2.24, 2.45) is 0 Å². The molecule has 0 aromatic heterocycles. The molecular formula is C21H26FN. The highest BCUT2D eigenvalue weighted by molar-refractivity contribution is 5.69. The van der Waals surface area contributed by atoms with Gasteiger partial charge >= 0.3 is 0 Å². The number of nitrogens with zero attached hydrogens (tertiary/aromatic N) is 1. The molecule has 0 spiro atoms. The molecule has 0 saturated carbocycles. The molecule has 23 heavy (non-hydrogen) atoms. The summed E-state index contributed by atoms with van der Waals surface area (Å²) in [6, 6.07) is 17.5. The summed E-state index contributed by atoms with van der Waals surface area (Å²) < 4.78 is 13.0. The Hall–Kier alpha value is -1.93. The maximum absolute atomic E-state index is 13.0. The second-order valence-electron chi connectivity index (χ2n) is 5.71. The first-order chi connectivity index (χ1) is 11.2. The highest BCUT2D eigenvalue weighted by atomic mass is 19.1. The van der Waals surface area contributed by atoms with Gasteiger partial charge in [0.1, 0.15) is 5.82 Å². The van der Waals surface area contributed by atoms with Crippen molar-refractivity contribution in [2.45, 2.75) is 33.7 Å². The van der Waals surface area contributed by atoms with E-state index in [1.54, 1.807) is 12.1 Å². The average Bonchev–Trinajstić information content (AvgIpc) is 2.59. The molecule has 0 radical (unpaired) electrons. The summed E-state index contributed by atoms with van der Waals surface area (Å²) in [6.45, 7) is 9.23. The molecule has 1 heterocycles. The summed E-state index contributed by atoms with van der Waals surface area (Å²) in [5, 5.41) is 0. The molecule has 1 nitrogen and oxygen atoms in total. The third kappa shape index (κ3) is 4.77. The van der Waals surface area contributed by atoms with E-state index in [-0.39, 0.29) is 5.82 Å². The molecule has 2 heteroatoms. The minimum Gasteiger partial charge on any atom is -0.295 e. The first-order valence-electron chi connectivity index (χ1n) is 8.43. The molecule has 0 amide bonds. The van der Waals surface area contributed by atoms with E-state index in [1.165, 1.54) is 16.7 Å². The standard InChI is InChI=1S/C19H20FN.C2H6/c1-15-13-21(14-16-5-3-2-4-6-16)12-11-19(15)17-7-9-18(20)10-8-17;1-2/h2-10H,11-14H2,1H3;1-2H3. The Morgan fingerprint density at radius 1 is 0.957 bits per heavy atom. The van der Waals surface area contributed by atoms with Crippen LogP contribution in [-0.2, 0) is 6.54 Å². The summed E-state index contributed by atoms with van der Waals surface area (Å²) in [4.78, 5) is 2.47. The lowest BCUT2D eigenvalue weighted by atomic mass is 9.94. The molecule has 0 bridgehead atoms. The summed E-state index contributed by atoms with van der Waals surface area (Å²) >= 11 is 0. The van der Waals surface area contributed by atoms with Crippen molar-refractivity contribution in [3.63, 3.8) is 0 Å². The van der Waals surface area contributed by atoms with Gasteiger partial charge in [0.25, 0.3) is 0 Å². The van der Waals surface area contributed by atoms with E-state index >= 15 is 0 Å². The molecule has 0 saturated heterocycles. The van der Waals surface area contributed by atoms with Crippen molar-refractivity contribution in [1.29, 1.82) is 0 Å². The fourth-order valence-electron chi connectivity index (χ4n) is 3.01. The van der Waals surface area contributed by atoms with Gasteiger partial charge in [0.05, 0.1) is 0 Å². The van der Waals surface area contributed by atoms with Crippen LogP contribution >= 0.6 is 0 Å². The number of hydrogen-bond donors (Lipinski definition) is 0. The number of hydrogen-bond acceptors (Lipinski definition) is 1. The monoisotopic (exact) mass is 311 g/mol. The maximum Gasteiger partial charge on any atom is 0.123 e. The molecule has 0 fully saturated rings. The van der Waals surface area contributed by atoms with E-state index in [9.17, 15) is 4.39 Å². The fraction of sp³-hybridized carbons (Fsp3) is 0.333. The molecule has 3 rings (SSSR count). The van der Waals surface area contributed by atoms with Crippen LogP contribution in [-0.4, -0.2) is 18.0 Å². The zero-order chi connectivity index (χ0) is 16.7. The minimum absolute atomic E-state index is 0.168. The van der Waals surface area contributed by atoms with Gasteiger partial charge in [-0.15, -0.1) is 0 Å². The molecule has 2 aromatic carbocycles. The molecule has 1 aliphatic heterocycles. The van der Waals surface area contributed by atoms with Crippen LogP contribution in [0.2, 0.25) is 0 Å². The van der Waals surface area contributed by atoms with Crippen LogP contribution in [0.4, 0.5) is 4.39 Å². The minimum atomic E-state index is -0.168. The fourth-order valence-corrected chi connectivity index (χ4v) is 3.01. The van der Waals surface area contributed by atoms with Crippen LogP contribution in [0, 0.1) is 5.82 Å². The predicted molar refractivity (Wildman–Crippen MR) is 96.7 cm³/mol. The van der Waals surface area contributed by atoms with Crippen molar-refractivity contribution in [3.8, 4) is 0 Å². The Bertz CT molecular complexity index is 629. The summed E-state index contributed by atoms with van der Waals surface area (Å²) in [6.07, 6.45) is 1.03. The normalized spacial score (nSPS) is 15.1. The smallest absolute Gasteiger partial charge is 0.123 e. The first kappa shape index (κ1) is 17.4. The van der Waals surface area contributed by atoms with Gasteiger partial charge in [-0.1, -0.05) is 61.9 Å². The van der Waals surface area contributed by atoms with Gasteiger partial charge in [-0.25, -0.2) is 4.39 Å². The van der Waals surface area contributed by atoms with Gasteiger partial charge in [-0.2, -0.15) is 0 Å². The Morgan fingerprint density at radius 2 is 1.61 bits per heavy atom. The van der Waals surface area contributed by atoms with E-state index < -0.39 is 0 Å². The van der Waals surface area contributed by atoms with Crippen molar-refractivity contribution < 1.29 is 4.39 Å². The Balaban J connectivity index is 0.000000924. The summed E-state index contributed by atoms with van der Waals surface area (Å²) in [5.74, 6) is -0.168. The molecule has 0 atom stereocenters. The van der Waals surface area contributed by atoms with E-state index in [0.29, 0.717) is 0 Å². The molecule has 0 aliphatic carbocycles. The van der Waals surface area contributed by atoms with Gasteiger partial charge in [-0.05, 0) is 42.2 Å². The topological polar surface area (TPSA) is 3.24 Å². The van der Waals surface area contributed by atoms with Crippen LogP contribution in [0.1, 0.15) is 38.3 Å². The van der Waals surface area contributed by atoms with Crippen molar-refractivity contribution in [1.82, 2.24) is 4.90 Å². The molecular weight excluding hydrogens is 285 g/mol. The quantitative estimate of drug-likeness (QED) is 0.720. The zero-order valence-electron chi connectivity index (χ0n) is 14.3. The maximum atomic E-state index is 13.0. The van der Waals surface area contributed by atoms with Crippen LogP contribution in [0.5, 0.6) is 0 Å². The van der Waals surface area contributed by atoms with Gasteiger partial charge in [0.15, 0.2) is 0 Å². The summed E-state index contributed by atoms with van der Waals surface area (Å²) in [5.41, 5.74) is 5.28. The van der Waals surface area contributed by atoms with Crippen LogP contribution in [0.15, 0.2) is 60.2 Å². The average molecular weight is 311 g/mol. The van der Waals surface area contributed by atoms with Crippen molar-refractivity contribution >= 4 is 5.57 Å². The zero-order valence-corrected chi connectivity index (χ0v) is 14.3. The lowest BCUT2D eigenvalue weighted by molar-refractivity contribution is 0.286. The molecule has 2 aromatic rings. The van der Waals surface area contributed by atoms with Crippen LogP contribution < -0.4 is 0 Å². The lowest BCUT2D eigenvalue weighted by Gasteiger charge is -2.30. The van der Waals surface area contributed by atoms with Gasteiger partial charge in [0, 0.05) is 19.6 Å². The second kappa shape index (κ2) is 8.64. The predicted octanol–water partition coefficient (Wildman–Crippen LogP) is 5.53. The largest absolute Gasteiger partial charge is 0.295 e. The SMILES string of the molecule is CC.CC1=C(c2ccc(F)cc2)CCN(Cc2ccccc2)C1. The van der Waals surface area contributed by atoms with Gasteiger partial charge in [0.2, 0.25) is 0 Å². The molecule has 0 unspecified atom stereocenters. The third-order valence-electron chi connectivity index (χ3n) is 4.10. The van der Waals surface area contributed by atoms with Gasteiger partial charge < -0.3 is 0 Å². The lowest BCUT2D eigenvalue weighted by Crippen LogP contribution is -2.30. The Morgan fingerprint density at radius 3 is 2.22 bits per heavy atom. The number of benzene rings is 2. The molecule has 0 N–H and O–H groups in total. The third-order valence-corrected chi connectivity index (χ3v) is 4.10. The summed E-state index contributed by atoms with van der Waals surface area (Å²) in [7, 11) is 0. The molecule has 1 aliphatic rings. The van der Waals surface area contributed by atoms with Crippen molar-refractivity contribution in [2.75, 3.05) is 13.1 Å². The Labute approximate surface area is 139 Å². The second-order valence-corrected chi connectivity index (χ2v) is 5.71. The van der Waals surface area contributed by atoms with Gasteiger partial charge in [-0.3, -0.25) is 4.90 Å². The van der Waals surface area contributed by atoms with Crippen LogP contribution in [0.25, 0.3) is 5.57 Å². The highest BCUT2D eigenvalue weighted by Gasteiger charge is 2.17. The van der Waals surface area contributed by atoms with E-state index in [1.807, 2.05) is 26.0 Å². The number of halogens is 1. The molecule has 122 valence electrons. The number of rotatable bonds is 3. The van der Waals surface area contributed by atoms with E-state index in [4.69, 9.17) is 0 Å².